The van der Waals surface area contributed by atoms with Gasteiger partial charge in [-0.15, -0.1) is 0 Å². The summed E-state index contributed by atoms with van der Waals surface area (Å²) in [6.07, 6.45) is 0.678. The minimum atomic E-state index is -3.70. The van der Waals surface area contributed by atoms with Crippen molar-refractivity contribution in [1.29, 1.82) is 0 Å². The van der Waals surface area contributed by atoms with Crippen molar-refractivity contribution in [3.8, 4) is 5.75 Å². The normalized spacial score (nSPS) is 15.7. The molecule has 2 aromatic carbocycles. The lowest BCUT2D eigenvalue weighted by molar-refractivity contribution is -0.121. The maximum absolute atomic E-state index is 13.4. The molecule has 3 rings (SSSR count). The van der Waals surface area contributed by atoms with E-state index in [0.717, 1.165) is 22.3 Å². The molecule has 1 saturated heterocycles. The molecule has 0 atom stereocenters. The van der Waals surface area contributed by atoms with Crippen molar-refractivity contribution in [3.05, 3.63) is 52.6 Å². The number of amides is 1. The summed E-state index contributed by atoms with van der Waals surface area (Å²) >= 11 is 0. The third-order valence-corrected chi connectivity index (χ3v) is 8.25. The van der Waals surface area contributed by atoms with E-state index in [-0.39, 0.29) is 30.4 Å². The highest BCUT2D eigenvalue weighted by molar-refractivity contribution is 7.89. The zero-order valence-electron chi connectivity index (χ0n) is 18.6. The SMILES string of the molecule is Cc1cc(C)c(C)c(S(=O)(=O)N2CCC(C(=O)Nc3ccccc3OC(F)F)CC2)c1C. The Balaban J connectivity index is 1.71. The molecule has 9 heteroatoms. The molecule has 0 unspecified atom stereocenters. The second kappa shape index (κ2) is 9.54. The zero-order chi connectivity index (χ0) is 23.6. The molecule has 32 heavy (non-hydrogen) atoms. The monoisotopic (exact) mass is 466 g/mol. The van der Waals surface area contributed by atoms with Gasteiger partial charge in [-0.25, -0.2) is 8.42 Å². The summed E-state index contributed by atoms with van der Waals surface area (Å²) in [5, 5.41) is 2.64. The first-order chi connectivity index (χ1) is 15.0. The van der Waals surface area contributed by atoms with E-state index in [1.165, 1.54) is 22.5 Å². The fourth-order valence-corrected chi connectivity index (χ4v) is 6.10. The predicted molar refractivity (Wildman–Crippen MR) is 119 cm³/mol. The van der Waals surface area contributed by atoms with Gasteiger partial charge in [0.2, 0.25) is 15.9 Å². The van der Waals surface area contributed by atoms with Crippen molar-refractivity contribution in [2.45, 2.75) is 52.0 Å². The van der Waals surface area contributed by atoms with Crippen LogP contribution in [0.25, 0.3) is 0 Å². The second-order valence-corrected chi connectivity index (χ2v) is 10.0. The van der Waals surface area contributed by atoms with Gasteiger partial charge >= 0.3 is 6.61 Å². The molecule has 0 aliphatic carbocycles. The highest BCUT2D eigenvalue weighted by Crippen LogP contribution is 2.32. The maximum atomic E-state index is 13.4. The average molecular weight is 467 g/mol. The van der Waals surface area contributed by atoms with Gasteiger partial charge in [0.05, 0.1) is 10.6 Å². The van der Waals surface area contributed by atoms with Crippen LogP contribution in [-0.2, 0) is 14.8 Å². The van der Waals surface area contributed by atoms with Crippen LogP contribution in [0.15, 0.2) is 35.2 Å². The highest BCUT2D eigenvalue weighted by Gasteiger charge is 2.34. The van der Waals surface area contributed by atoms with Gasteiger partial charge in [0, 0.05) is 19.0 Å². The number of anilines is 1. The molecule has 0 saturated carbocycles. The van der Waals surface area contributed by atoms with Gasteiger partial charge in [-0.1, -0.05) is 18.2 Å². The second-order valence-electron chi connectivity index (χ2n) is 8.13. The lowest BCUT2D eigenvalue weighted by Gasteiger charge is -2.32. The van der Waals surface area contributed by atoms with Gasteiger partial charge in [0.25, 0.3) is 0 Å². The topological polar surface area (TPSA) is 75.7 Å². The summed E-state index contributed by atoms with van der Waals surface area (Å²) < 4.78 is 57.8. The Morgan fingerprint density at radius 1 is 1.06 bits per heavy atom. The minimum Gasteiger partial charge on any atom is -0.433 e. The molecule has 6 nitrogen and oxygen atoms in total. The van der Waals surface area contributed by atoms with E-state index in [2.05, 4.69) is 10.1 Å². The number of nitrogens with one attached hydrogen (secondary N) is 1. The van der Waals surface area contributed by atoms with Gasteiger partial charge in [-0.3, -0.25) is 4.79 Å². The quantitative estimate of drug-likeness (QED) is 0.677. The van der Waals surface area contributed by atoms with E-state index in [1.54, 1.807) is 6.07 Å². The number of piperidine rings is 1. The Morgan fingerprint density at radius 2 is 1.62 bits per heavy atom. The van der Waals surface area contributed by atoms with E-state index < -0.39 is 22.6 Å². The van der Waals surface area contributed by atoms with E-state index in [0.29, 0.717) is 17.7 Å². The number of halogens is 2. The van der Waals surface area contributed by atoms with E-state index in [1.807, 2.05) is 33.8 Å². The standard InChI is InChI=1S/C23H28F2N2O4S/c1-14-13-15(2)17(4)21(16(14)3)32(29,30)27-11-9-18(10-12-27)22(28)26-19-7-5-6-8-20(19)31-23(24)25/h5-8,13,18,23H,9-12H2,1-4H3,(H,26,28). The number of ether oxygens (including phenoxy) is 1. The van der Waals surface area contributed by atoms with E-state index in [4.69, 9.17) is 0 Å². The molecule has 1 amide bonds. The summed E-state index contributed by atoms with van der Waals surface area (Å²) in [6, 6.07) is 7.97. The first-order valence-corrected chi connectivity index (χ1v) is 11.9. The third-order valence-electron chi connectivity index (χ3n) is 6.08. The summed E-state index contributed by atoms with van der Waals surface area (Å²) in [5.41, 5.74) is 3.48. The average Bonchev–Trinajstić information content (AvgIpc) is 2.73. The number of hydrogen-bond donors (Lipinski definition) is 1. The molecular weight excluding hydrogens is 438 g/mol. The van der Waals surface area contributed by atoms with Crippen LogP contribution in [0.3, 0.4) is 0 Å². The van der Waals surface area contributed by atoms with Crippen molar-refractivity contribution < 1.29 is 26.7 Å². The number of para-hydroxylation sites is 2. The van der Waals surface area contributed by atoms with Crippen LogP contribution in [0.4, 0.5) is 14.5 Å². The Labute approximate surface area is 187 Å². The summed E-state index contributed by atoms with van der Waals surface area (Å²) in [6.45, 7) is 4.84. The molecule has 1 heterocycles. The van der Waals surface area contributed by atoms with Crippen molar-refractivity contribution in [3.63, 3.8) is 0 Å². The van der Waals surface area contributed by atoms with Crippen LogP contribution in [0, 0.1) is 33.6 Å². The van der Waals surface area contributed by atoms with Gasteiger partial charge in [-0.2, -0.15) is 13.1 Å². The molecule has 1 N–H and O–H groups in total. The number of hydrogen-bond acceptors (Lipinski definition) is 4. The fourth-order valence-electron chi connectivity index (χ4n) is 4.06. The lowest BCUT2D eigenvalue weighted by atomic mass is 9.97. The molecule has 1 fully saturated rings. The predicted octanol–water partition coefficient (Wildman–Crippen LogP) is 4.56. The third kappa shape index (κ3) is 4.94. The lowest BCUT2D eigenvalue weighted by Crippen LogP contribution is -2.42. The fraction of sp³-hybridized carbons (Fsp3) is 0.435. The van der Waals surface area contributed by atoms with Gasteiger partial charge in [-0.05, 0) is 74.9 Å². The van der Waals surface area contributed by atoms with Crippen LogP contribution >= 0.6 is 0 Å². The largest absolute Gasteiger partial charge is 0.433 e. The van der Waals surface area contributed by atoms with Crippen molar-refractivity contribution >= 4 is 21.6 Å². The Morgan fingerprint density at radius 3 is 2.19 bits per heavy atom. The van der Waals surface area contributed by atoms with Gasteiger partial charge in [0.15, 0.2) is 0 Å². The van der Waals surface area contributed by atoms with Crippen molar-refractivity contribution in [1.82, 2.24) is 4.31 Å². The number of rotatable bonds is 6. The zero-order valence-corrected chi connectivity index (χ0v) is 19.4. The molecule has 174 valence electrons. The molecule has 1 aliphatic rings. The first-order valence-electron chi connectivity index (χ1n) is 10.4. The minimum absolute atomic E-state index is 0.114. The number of sulfonamides is 1. The highest BCUT2D eigenvalue weighted by atomic mass is 32.2. The number of nitrogens with zero attached hydrogens (tertiary/aromatic N) is 1. The Hall–Kier alpha value is -2.52. The van der Waals surface area contributed by atoms with Crippen LogP contribution in [0.1, 0.15) is 35.1 Å². The number of carbonyl (C=O) groups excluding carboxylic acids is 1. The number of carbonyl (C=O) groups is 1. The summed E-state index contributed by atoms with van der Waals surface area (Å²) in [4.78, 5) is 13.1. The van der Waals surface area contributed by atoms with Gasteiger partial charge < -0.3 is 10.1 Å². The van der Waals surface area contributed by atoms with Crippen molar-refractivity contribution in [2.24, 2.45) is 5.92 Å². The molecule has 2 aromatic rings. The Bertz CT molecular complexity index is 1080. The molecule has 0 bridgehead atoms. The number of aryl methyl sites for hydroxylation is 2. The van der Waals surface area contributed by atoms with Crippen molar-refractivity contribution in [2.75, 3.05) is 18.4 Å². The van der Waals surface area contributed by atoms with Gasteiger partial charge in [0.1, 0.15) is 5.75 Å². The van der Waals surface area contributed by atoms with Crippen LogP contribution in [-0.4, -0.2) is 38.3 Å². The molecule has 0 aromatic heterocycles. The van der Waals surface area contributed by atoms with E-state index in [9.17, 15) is 22.0 Å². The molecular formula is C23H28F2N2O4S. The van der Waals surface area contributed by atoms with Crippen LogP contribution in [0.2, 0.25) is 0 Å². The number of alkyl halides is 2. The Kier molecular flexibility index (Phi) is 7.19. The number of benzene rings is 2. The summed E-state index contributed by atoms with van der Waals surface area (Å²) in [7, 11) is -3.70. The van der Waals surface area contributed by atoms with E-state index >= 15 is 0 Å². The van der Waals surface area contributed by atoms with Crippen LogP contribution < -0.4 is 10.1 Å². The molecule has 1 aliphatic heterocycles. The molecule has 0 spiro atoms. The smallest absolute Gasteiger partial charge is 0.387 e. The summed E-state index contributed by atoms with van der Waals surface area (Å²) in [5.74, 6) is -0.884. The maximum Gasteiger partial charge on any atom is 0.387 e. The molecule has 0 radical (unpaired) electrons. The van der Waals surface area contributed by atoms with Crippen LogP contribution in [0.5, 0.6) is 5.75 Å². The first kappa shape index (κ1) is 24.1.